The van der Waals surface area contributed by atoms with Crippen LogP contribution in [0.4, 0.5) is 11.4 Å². The highest BCUT2D eigenvalue weighted by Gasteiger charge is 2.28. The maximum absolute atomic E-state index is 13.4. The number of carbonyl (C=O) groups excluding carboxylic acids is 1. The van der Waals surface area contributed by atoms with Crippen LogP contribution in [0.5, 0.6) is 0 Å². The normalized spacial score (nSPS) is 11.1. The SMILES string of the molecule is Cc1nccn1-c1ccc(CNC(=O)CN(c2cccc([N+](=O)[O-])c2)S(=O)(=O)c2ccccc2)cc1. The largest absolute Gasteiger partial charge is 0.350 e. The number of sulfonamides is 1. The van der Waals surface area contributed by atoms with E-state index in [0.717, 1.165) is 27.4 Å². The molecule has 36 heavy (non-hydrogen) atoms. The maximum Gasteiger partial charge on any atom is 0.271 e. The van der Waals surface area contributed by atoms with Crippen LogP contribution in [0.2, 0.25) is 0 Å². The van der Waals surface area contributed by atoms with Gasteiger partial charge in [-0.05, 0) is 42.8 Å². The Kier molecular flexibility index (Phi) is 7.11. The zero-order chi connectivity index (χ0) is 25.7. The van der Waals surface area contributed by atoms with E-state index in [0.29, 0.717) is 0 Å². The molecular weight excluding hydrogens is 482 g/mol. The molecule has 4 aromatic rings. The Morgan fingerprint density at radius 1 is 1.06 bits per heavy atom. The molecular formula is C25H23N5O5S. The smallest absolute Gasteiger partial charge is 0.271 e. The molecule has 0 saturated carbocycles. The van der Waals surface area contributed by atoms with Crippen molar-refractivity contribution in [1.29, 1.82) is 0 Å². The van der Waals surface area contributed by atoms with Crippen molar-refractivity contribution < 1.29 is 18.1 Å². The van der Waals surface area contributed by atoms with Gasteiger partial charge in [0.2, 0.25) is 5.91 Å². The predicted molar refractivity (Wildman–Crippen MR) is 134 cm³/mol. The molecule has 0 spiro atoms. The minimum Gasteiger partial charge on any atom is -0.350 e. The molecule has 1 aromatic heterocycles. The lowest BCUT2D eigenvalue weighted by Gasteiger charge is -2.24. The number of hydrogen-bond donors (Lipinski definition) is 1. The van der Waals surface area contributed by atoms with E-state index in [9.17, 15) is 23.3 Å². The van der Waals surface area contributed by atoms with Crippen molar-refractivity contribution in [2.24, 2.45) is 0 Å². The van der Waals surface area contributed by atoms with Gasteiger partial charge < -0.3 is 9.88 Å². The van der Waals surface area contributed by atoms with Gasteiger partial charge in [0.05, 0.1) is 15.5 Å². The first-order chi connectivity index (χ1) is 17.3. The van der Waals surface area contributed by atoms with E-state index in [1.165, 1.54) is 30.3 Å². The Hall–Kier alpha value is -4.51. The summed E-state index contributed by atoms with van der Waals surface area (Å²) in [5.41, 5.74) is 1.47. The summed E-state index contributed by atoms with van der Waals surface area (Å²) < 4.78 is 29.5. The van der Waals surface area contributed by atoms with Gasteiger partial charge in [-0.25, -0.2) is 13.4 Å². The highest BCUT2D eigenvalue weighted by molar-refractivity contribution is 7.92. The summed E-state index contributed by atoms with van der Waals surface area (Å²) in [5.74, 6) is 0.285. The van der Waals surface area contributed by atoms with Crippen LogP contribution in [-0.4, -0.2) is 35.3 Å². The van der Waals surface area contributed by atoms with Crippen molar-refractivity contribution in [1.82, 2.24) is 14.9 Å². The zero-order valence-corrected chi connectivity index (χ0v) is 20.1. The van der Waals surface area contributed by atoms with Gasteiger partial charge in [-0.2, -0.15) is 0 Å². The molecule has 1 N–H and O–H groups in total. The van der Waals surface area contributed by atoms with E-state index in [-0.39, 0.29) is 22.8 Å². The Morgan fingerprint density at radius 3 is 2.42 bits per heavy atom. The Balaban J connectivity index is 1.53. The molecule has 0 aliphatic rings. The molecule has 4 rings (SSSR count). The van der Waals surface area contributed by atoms with Crippen LogP contribution >= 0.6 is 0 Å². The van der Waals surface area contributed by atoms with Crippen molar-refractivity contribution in [3.8, 4) is 5.69 Å². The van der Waals surface area contributed by atoms with Crippen LogP contribution in [0.3, 0.4) is 0 Å². The van der Waals surface area contributed by atoms with E-state index in [4.69, 9.17) is 0 Å². The predicted octanol–water partition coefficient (Wildman–Crippen LogP) is 3.60. The second-order valence-corrected chi connectivity index (χ2v) is 9.75. The van der Waals surface area contributed by atoms with Crippen molar-refractivity contribution in [3.05, 3.63) is 113 Å². The Labute approximate surface area is 208 Å². The molecule has 0 saturated heterocycles. The summed E-state index contributed by atoms with van der Waals surface area (Å²) in [6.45, 7) is 1.52. The average molecular weight is 506 g/mol. The second-order valence-electron chi connectivity index (χ2n) is 7.89. The lowest BCUT2D eigenvalue weighted by atomic mass is 10.2. The number of carbonyl (C=O) groups is 1. The quantitative estimate of drug-likeness (QED) is 0.273. The number of benzene rings is 3. The highest BCUT2D eigenvalue weighted by atomic mass is 32.2. The third kappa shape index (κ3) is 5.41. The van der Waals surface area contributed by atoms with Crippen molar-refractivity contribution in [2.45, 2.75) is 18.4 Å². The minimum atomic E-state index is -4.17. The van der Waals surface area contributed by atoms with E-state index < -0.39 is 27.4 Å². The molecule has 1 heterocycles. The van der Waals surface area contributed by atoms with Crippen LogP contribution in [0.15, 0.2) is 96.2 Å². The molecule has 11 heteroatoms. The van der Waals surface area contributed by atoms with Crippen LogP contribution in [-0.2, 0) is 21.4 Å². The van der Waals surface area contributed by atoms with Gasteiger partial charge in [0, 0.05) is 36.8 Å². The molecule has 0 fully saturated rings. The molecule has 0 aliphatic carbocycles. The minimum absolute atomic E-state index is 0.0169. The molecule has 0 bridgehead atoms. The fourth-order valence-electron chi connectivity index (χ4n) is 3.61. The number of nitrogens with zero attached hydrogens (tertiary/aromatic N) is 4. The number of anilines is 1. The Morgan fingerprint density at radius 2 is 1.78 bits per heavy atom. The molecule has 184 valence electrons. The van der Waals surface area contributed by atoms with Crippen LogP contribution < -0.4 is 9.62 Å². The van der Waals surface area contributed by atoms with E-state index in [1.807, 2.05) is 42.0 Å². The van der Waals surface area contributed by atoms with Crippen LogP contribution in [0, 0.1) is 17.0 Å². The third-order valence-electron chi connectivity index (χ3n) is 5.48. The summed E-state index contributed by atoms with van der Waals surface area (Å²) >= 11 is 0. The molecule has 0 atom stereocenters. The van der Waals surface area contributed by atoms with E-state index >= 15 is 0 Å². The lowest BCUT2D eigenvalue weighted by Crippen LogP contribution is -2.40. The molecule has 1 amide bonds. The number of non-ortho nitro benzene ring substituents is 1. The van der Waals surface area contributed by atoms with Gasteiger partial charge in [-0.3, -0.25) is 19.2 Å². The first-order valence-electron chi connectivity index (χ1n) is 10.9. The lowest BCUT2D eigenvalue weighted by molar-refractivity contribution is -0.384. The molecule has 10 nitrogen and oxygen atoms in total. The van der Waals surface area contributed by atoms with Crippen LogP contribution in [0.1, 0.15) is 11.4 Å². The molecule has 0 aliphatic heterocycles. The maximum atomic E-state index is 13.4. The van der Waals surface area contributed by atoms with Gasteiger partial charge in [0.25, 0.3) is 15.7 Å². The second kappa shape index (κ2) is 10.4. The number of nitro benzene ring substituents is 1. The van der Waals surface area contributed by atoms with E-state index in [1.54, 1.807) is 24.4 Å². The third-order valence-corrected chi connectivity index (χ3v) is 7.26. The summed E-state index contributed by atoms with van der Waals surface area (Å²) in [4.78, 5) is 27.6. The molecule has 3 aromatic carbocycles. The standard InChI is InChI=1S/C25H23N5O5S/c1-19-26-14-15-28(19)21-12-10-20(11-13-21)17-27-25(31)18-29(22-6-5-7-23(16-22)30(32)33)36(34,35)24-8-3-2-4-9-24/h2-16H,17-18H2,1H3,(H,27,31). The van der Waals surface area contributed by atoms with Crippen LogP contribution in [0.25, 0.3) is 5.69 Å². The number of amides is 1. The highest BCUT2D eigenvalue weighted by Crippen LogP contribution is 2.26. The fraction of sp³-hybridized carbons (Fsp3) is 0.120. The number of rotatable bonds is 9. The number of aryl methyl sites for hydroxylation is 1. The summed E-state index contributed by atoms with van der Waals surface area (Å²) in [6, 6.07) is 20.3. The van der Waals surface area contributed by atoms with E-state index in [2.05, 4.69) is 10.3 Å². The topological polar surface area (TPSA) is 127 Å². The number of nitrogens with one attached hydrogen (secondary N) is 1. The first-order valence-corrected chi connectivity index (χ1v) is 12.4. The van der Waals surface area contributed by atoms with Crippen molar-refractivity contribution >= 4 is 27.3 Å². The van der Waals surface area contributed by atoms with Gasteiger partial charge in [0.15, 0.2) is 0 Å². The number of nitro groups is 1. The summed E-state index contributed by atoms with van der Waals surface area (Å²) in [6.07, 6.45) is 3.56. The number of aromatic nitrogens is 2. The monoisotopic (exact) mass is 505 g/mol. The first kappa shape index (κ1) is 24.6. The van der Waals surface area contributed by atoms with Crippen molar-refractivity contribution in [2.75, 3.05) is 10.8 Å². The summed E-state index contributed by atoms with van der Waals surface area (Å²) in [5, 5.41) is 14.0. The fourth-order valence-corrected chi connectivity index (χ4v) is 5.04. The van der Waals surface area contributed by atoms with Crippen molar-refractivity contribution in [3.63, 3.8) is 0 Å². The van der Waals surface area contributed by atoms with Gasteiger partial charge in [-0.15, -0.1) is 0 Å². The average Bonchev–Trinajstić information content (AvgIpc) is 3.32. The Bertz CT molecular complexity index is 1480. The number of hydrogen-bond acceptors (Lipinski definition) is 6. The van der Waals surface area contributed by atoms with Gasteiger partial charge >= 0.3 is 0 Å². The summed E-state index contributed by atoms with van der Waals surface area (Å²) in [7, 11) is -4.17. The van der Waals surface area contributed by atoms with Gasteiger partial charge in [0.1, 0.15) is 12.4 Å². The zero-order valence-electron chi connectivity index (χ0n) is 19.3. The molecule has 0 radical (unpaired) electrons. The number of imidazole rings is 1. The molecule has 0 unspecified atom stereocenters. The van der Waals surface area contributed by atoms with Gasteiger partial charge in [-0.1, -0.05) is 36.4 Å².